The standard InChI is InChI=1S/C25H31FN6O/c1-16(15-31(4)5)33-22-14-17(32(6)7)13-21(27-2)23(22)25(28-3)30-20-11-10-19-18(24(20)26)9-8-12-29-19/h8-14,16H,2,15H2,1,3-7H3,(H,28,30)/t16-/m1/s1. The van der Waals surface area contributed by atoms with E-state index in [9.17, 15) is 0 Å². The lowest BCUT2D eigenvalue weighted by Crippen LogP contribution is -2.29. The summed E-state index contributed by atoms with van der Waals surface area (Å²) in [5, 5.41) is 3.57. The third-order valence-corrected chi connectivity index (χ3v) is 5.14. The summed E-state index contributed by atoms with van der Waals surface area (Å²) in [6.07, 6.45) is 1.54. The topological polar surface area (TPSA) is 65.3 Å². The van der Waals surface area contributed by atoms with Gasteiger partial charge in [0.05, 0.1) is 22.5 Å². The molecule has 1 aromatic heterocycles. The van der Waals surface area contributed by atoms with Gasteiger partial charge in [-0.1, -0.05) is 0 Å². The lowest BCUT2D eigenvalue weighted by atomic mass is 10.1. The lowest BCUT2D eigenvalue weighted by Gasteiger charge is -2.24. The van der Waals surface area contributed by atoms with E-state index in [0.717, 1.165) is 12.2 Å². The van der Waals surface area contributed by atoms with Crippen LogP contribution in [0, 0.1) is 5.82 Å². The Balaban J connectivity index is 2.10. The van der Waals surface area contributed by atoms with Crippen molar-refractivity contribution >= 4 is 40.5 Å². The van der Waals surface area contributed by atoms with Crippen molar-refractivity contribution in [3.05, 3.63) is 54.0 Å². The molecule has 0 saturated carbocycles. The summed E-state index contributed by atoms with van der Waals surface area (Å²) in [6, 6.07) is 10.7. The molecule has 1 N–H and O–H groups in total. The molecule has 0 fully saturated rings. The van der Waals surface area contributed by atoms with Crippen LogP contribution in [0.2, 0.25) is 0 Å². The van der Waals surface area contributed by atoms with E-state index in [-0.39, 0.29) is 11.8 Å². The molecule has 2 aromatic carbocycles. The number of fused-ring (bicyclic) bond motifs is 1. The van der Waals surface area contributed by atoms with Gasteiger partial charge in [0.15, 0.2) is 5.82 Å². The van der Waals surface area contributed by atoms with Crippen molar-refractivity contribution in [3.8, 4) is 5.75 Å². The number of hydrogen-bond acceptors (Lipinski definition) is 6. The zero-order chi connectivity index (χ0) is 24.1. The molecule has 1 heterocycles. The molecule has 3 aromatic rings. The molecule has 0 spiro atoms. The third kappa shape index (κ3) is 5.46. The van der Waals surface area contributed by atoms with Gasteiger partial charge >= 0.3 is 0 Å². The van der Waals surface area contributed by atoms with Crippen LogP contribution >= 0.6 is 0 Å². The number of ether oxygens (including phenoxy) is 1. The SMILES string of the molecule is C=Nc1cc(N(C)C)cc(O[C@H](C)CN(C)C)c1/C(=N\C)Nc1ccc2ncccc2c1F. The van der Waals surface area contributed by atoms with Crippen molar-refractivity contribution in [1.82, 2.24) is 9.88 Å². The maximum Gasteiger partial charge on any atom is 0.156 e. The largest absolute Gasteiger partial charge is 0.488 e. The summed E-state index contributed by atoms with van der Waals surface area (Å²) in [5.74, 6) is 0.619. The van der Waals surface area contributed by atoms with Crippen molar-refractivity contribution in [2.75, 3.05) is 52.0 Å². The summed E-state index contributed by atoms with van der Waals surface area (Å²) < 4.78 is 21.6. The Morgan fingerprint density at radius 1 is 1.21 bits per heavy atom. The monoisotopic (exact) mass is 450 g/mol. The number of nitrogens with one attached hydrogen (secondary N) is 1. The minimum Gasteiger partial charge on any atom is -0.488 e. The Morgan fingerprint density at radius 3 is 2.61 bits per heavy atom. The van der Waals surface area contributed by atoms with Crippen LogP contribution in [0.1, 0.15) is 12.5 Å². The van der Waals surface area contributed by atoms with Crippen LogP contribution in [0.5, 0.6) is 5.75 Å². The Labute approximate surface area is 194 Å². The van der Waals surface area contributed by atoms with E-state index in [2.05, 4.69) is 31.9 Å². The van der Waals surface area contributed by atoms with Gasteiger partial charge < -0.3 is 19.9 Å². The van der Waals surface area contributed by atoms with Crippen LogP contribution in [0.15, 0.2) is 52.6 Å². The molecule has 0 aliphatic carbocycles. The molecule has 0 radical (unpaired) electrons. The predicted octanol–water partition coefficient (Wildman–Crippen LogP) is 4.59. The third-order valence-electron chi connectivity index (χ3n) is 5.14. The molecule has 3 rings (SSSR count). The number of aliphatic imine (C=N–C) groups is 2. The second-order valence-electron chi connectivity index (χ2n) is 8.28. The van der Waals surface area contributed by atoms with Gasteiger partial charge in [-0.2, -0.15) is 0 Å². The highest BCUT2D eigenvalue weighted by molar-refractivity contribution is 6.14. The van der Waals surface area contributed by atoms with Gasteiger partial charge in [-0.25, -0.2) is 4.39 Å². The smallest absolute Gasteiger partial charge is 0.156 e. The lowest BCUT2D eigenvalue weighted by molar-refractivity contribution is 0.176. The fourth-order valence-corrected chi connectivity index (χ4v) is 3.64. The number of halogens is 1. The van der Waals surface area contributed by atoms with Gasteiger partial charge in [0.2, 0.25) is 0 Å². The summed E-state index contributed by atoms with van der Waals surface area (Å²) in [5.41, 5.74) is 2.99. The van der Waals surface area contributed by atoms with E-state index in [1.54, 1.807) is 37.5 Å². The van der Waals surface area contributed by atoms with Crippen LogP contribution in [0.4, 0.5) is 21.5 Å². The molecule has 174 valence electrons. The Bertz CT molecular complexity index is 1180. The van der Waals surface area contributed by atoms with E-state index < -0.39 is 5.82 Å². The molecule has 0 unspecified atom stereocenters. The van der Waals surface area contributed by atoms with Gasteiger partial charge in [-0.15, -0.1) is 0 Å². The second-order valence-corrected chi connectivity index (χ2v) is 8.28. The zero-order valence-corrected chi connectivity index (χ0v) is 20.1. The minimum absolute atomic E-state index is 0.101. The van der Waals surface area contributed by atoms with E-state index >= 15 is 4.39 Å². The number of amidine groups is 1. The van der Waals surface area contributed by atoms with Crippen LogP contribution in [0.3, 0.4) is 0 Å². The molecule has 0 saturated heterocycles. The highest BCUT2D eigenvalue weighted by atomic mass is 19.1. The molecule has 33 heavy (non-hydrogen) atoms. The summed E-state index contributed by atoms with van der Waals surface area (Å²) >= 11 is 0. The fourth-order valence-electron chi connectivity index (χ4n) is 3.64. The van der Waals surface area contributed by atoms with Gasteiger partial charge in [0.25, 0.3) is 0 Å². The van der Waals surface area contributed by atoms with Crippen molar-refractivity contribution in [2.45, 2.75) is 13.0 Å². The maximum atomic E-state index is 15.3. The van der Waals surface area contributed by atoms with Crippen LogP contribution in [-0.2, 0) is 0 Å². The molecule has 0 amide bonds. The average Bonchev–Trinajstić information content (AvgIpc) is 2.78. The van der Waals surface area contributed by atoms with Crippen LogP contribution in [-0.4, -0.2) is 70.3 Å². The van der Waals surface area contributed by atoms with E-state index in [0.29, 0.717) is 33.7 Å². The Morgan fingerprint density at radius 2 is 1.97 bits per heavy atom. The van der Waals surface area contributed by atoms with Gasteiger partial charge in [-0.05, 0) is 58.1 Å². The van der Waals surface area contributed by atoms with Crippen molar-refractivity contribution < 1.29 is 9.13 Å². The number of benzene rings is 2. The molecule has 0 aliphatic rings. The van der Waals surface area contributed by atoms with E-state index in [1.165, 1.54) is 0 Å². The molecule has 0 bridgehead atoms. The molecule has 0 aliphatic heterocycles. The van der Waals surface area contributed by atoms with E-state index in [4.69, 9.17) is 4.74 Å². The number of aromatic nitrogens is 1. The first-order chi connectivity index (χ1) is 15.7. The van der Waals surface area contributed by atoms with Gasteiger partial charge in [-0.3, -0.25) is 15.0 Å². The normalized spacial score (nSPS) is 12.7. The highest BCUT2D eigenvalue weighted by Crippen LogP contribution is 2.36. The highest BCUT2D eigenvalue weighted by Gasteiger charge is 2.21. The predicted molar refractivity (Wildman–Crippen MR) is 136 cm³/mol. The molecule has 8 heteroatoms. The van der Waals surface area contributed by atoms with Crippen LogP contribution < -0.4 is 15.0 Å². The number of pyridine rings is 1. The number of nitrogens with zero attached hydrogens (tertiary/aromatic N) is 5. The molecule has 7 nitrogen and oxygen atoms in total. The number of anilines is 2. The Kier molecular flexibility index (Phi) is 7.60. The average molecular weight is 451 g/mol. The second kappa shape index (κ2) is 10.4. The van der Waals surface area contributed by atoms with Crippen molar-refractivity contribution in [1.29, 1.82) is 0 Å². The quantitative estimate of drug-likeness (QED) is 0.402. The van der Waals surface area contributed by atoms with Gasteiger partial charge in [0.1, 0.15) is 17.7 Å². The summed E-state index contributed by atoms with van der Waals surface area (Å²) in [4.78, 5) is 16.9. The zero-order valence-electron chi connectivity index (χ0n) is 20.1. The summed E-state index contributed by atoms with van der Waals surface area (Å²) in [6.45, 7) is 6.47. The van der Waals surface area contributed by atoms with E-state index in [1.807, 2.05) is 52.1 Å². The minimum atomic E-state index is -0.400. The number of rotatable bonds is 8. The number of hydrogen-bond donors (Lipinski definition) is 1. The van der Waals surface area contributed by atoms with Gasteiger partial charge in [0, 0.05) is 51.0 Å². The summed E-state index contributed by atoms with van der Waals surface area (Å²) in [7, 11) is 9.51. The van der Waals surface area contributed by atoms with Crippen LogP contribution in [0.25, 0.3) is 10.9 Å². The Hall–Kier alpha value is -3.52. The first-order valence-corrected chi connectivity index (χ1v) is 10.7. The first-order valence-electron chi connectivity index (χ1n) is 10.7. The molecular formula is C25H31FN6O. The maximum absolute atomic E-state index is 15.3. The van der Waals surface area contributed by atoms with Crippen molar-refractivity contribution in [3.63, 3.8) is 0 Å². The molecule has 1 atom stereocenters. The molecular weight excluding hydrogens is 419 g/mol. The first kappa shape index (κ1) is 24.1. The fraction of sp³-hybridized carbons (Fsp3) is 0.320. The van der Waals surface area contributed by atoms with Crippen molar-refractivity contribution in [2.24, 2.45) is 9.98 Å². The number of likely N-dealkylation sites (N-methyl/N-ethyl adjacent to an activating group) is 1.